The maximum absolute atomic E-state index is 12.1. The lowest BCUT2D eigenvalue weighted by atomic mass is 9.76. The molecule has 0 radical (unpaired) electrons. The molecule has 25 heavy (non-hydrogen) atoms. The second kappa shape index (κ2) is 6.59. The van der Waals surface area contributed by atoms with Gasteiger partial charge in [0.15, 0.2) is 0 Å². The summed E-state index contributed by atoms with van der Waals surface area (Å²) >= 11 is 0. The predicted octanol–water partition coefficient (Wildman–Crippen LogP) is 0.554. The van der Waals surface area contributed by atoms with Crippen LogP contribution in [0.2, 0.25) is 0 Å². The highest BCUT2D eigenvalue weighted by molar-refractivity contribution is 5.91. The van der Waals surface area contributed by atoms with Gasteiger partial charge in [0, 0.05) is 33.7 Å². The third kappa shape index (κ3) is 3.44. The van der Waals surface area contributed by atoms with Crippen molar-refractivity contribution in [1.29, 1.82) is 0 Å². The number of likely N-dealkylation sites (N-methyl/N-ethyl adjacent to an activating group) is 1. The molecule has 2 saturated heterocycles. The van der Waals surface area contributed by atoms with E-state index in [0.29, 0.717) is 17.9 Å². The Morgan fingerprint density at radius 3 is 2.52 bits per heavy atom. The Labute approximate surface area is 147 Å². The summed E-state index contributed by atoms with van der Waals surface area (Å²) in [4.78, 5) is 37.6. The Kier molecular flexibility index (Phi) is 4.64. The SMILES string of the molecule is CN(C)C(=O)c1cncc(N2CCC3(CC2)C[C@H](C(=O)O)N(C)C3)n1. The van der Waals surface area contributed by atoms with E-state index >= 15 is 0 Å². The number of rotatable bonds is 3. The molecule has 0 aromatic carbocycles. The Morgan fingerprint density at radius 1 is 1.28 bits per heavy atom. The second-order valence-electron chi connectivity index (χ2n) is 7.42. The van der Waals surface area contributed by atoms with E-state index in [0.717, 1.165) is 32.5 Å². The average molecular weight is 347 g/mol. The Balaban J connectivity index is 1.68. The number of nitrogens with zero attached hydrogens (tertiary/aromatic N) is 5. The highest BCUT2D eigenvalue weighted by Crippen LogP contribution is 2.43. The largest absolute Gasteiger partial charge is 0.480 e. The van der Waals surface area contributed by atoms with Crippen LogP contribution in [0.15, 0.2) is 12.4 Å². The summed E-state index contributed by atoms with van der Waals surface area (Å²) in [5.74, 6) is -0.184. The van der Waals surface area contributed by atoms with Crippen LogP contribution in [0.3, 0.4) is 0 Å². The summed E-state index contributed by atoms with van der Waals surface area (Å²) in [5, 5.41) is 9.35. The molecule has 3 heterocycles. The standard InChI is InChI=1S/C17H25N5O3/c1-20(2)15(23)12-9-18-10-14(19-12)22-6-4-17(5-7-22)8-13(16(24)25)21(3)11-17/h9-10,13H,4-8,11H2,1-3H3,(H,24,25)/t13-/m1/s1. The number of carbonyl (C=O) groups is 2. The summed E-state index contributed by atoms with van der Waals surface area (Å²) in [5.41, 5.74) is 0.410. The van der Waals surface area contributed by atoms with E-state index < -0.39 is 5.97 Å². The highest BCUT2D eigenvalue weighted by Gasteiger charge is 2.46. The second-order valence-corrected chi connectivity index (χ2v) is 7.42. The first-order valence-corrected chi connectivity index (χ1v) is 8.53. The van der Waals surface area contributed by atoms with Crippen molar-refractivity contribution < 1.29 is 14.7 Å². The highest BCUT2D eigenvalue weighted by atomic mass is 16.4. The lowest BCUT2D eigenvalue weighted by molar-refractivity contribution is -0.141. The van der Waals surface area contributed by atoms with Crippen molar-refractivity contribution in [1.82, 2.24) is 19.8 Å². The number of carboxylic acid groups (broad SMARTS) is 1. The number of amides is 1. The molecule has 136 valence electrons. The van der Waals surface area contributed by atoms with Gasteiger partial charge in [0.25, 0.3) is 5.91 Å². The zero-order chi connectivity index (χ0) is 18.2. The molecular weight excluding hydrogens is 322 g/mol. The van der Waals surface area contributed by atoms with Gasteiger partial charge in [-0.05, 0) is 31.7 Å². The van der Waals surface area contributed by atoms with E-state index in [2.05, 4.69) is 14.9 Å². The fourth-order valence-corrected chi connectivity index (χ4v) is 3.96. The molecule has 1 spiro atoms. The maximum Gasteiger partial charge on any atom is 0.320 e. The van der Waals surface area contributed by atoms with Crippen LogP contribution in [0.5, 0.6) is 0 Å². The van der Waals surface area contributed by atoms with Crippen molar-refractivity contribution >= 4 is 17.7 Å². The van der Waals surface area contributed by atoms with E-state index in [1.54, 1.807) is 20.3 Å². The first kappa shape index (κ1) is 17.6. The number of hydrogen-bond acceptors (Lipinski definition) is 6. The predicted molar refractivity (Wildman–Crippen MR) is 92.6 cm³/mol. The van der Waals surface area contributed by atoms with Crippen molar-refractivity contribution in [2.75, 3.05) is 45.7 Å². The molecule has 8 nitrogen and oxygen atoms in total. The van der Waals surface area contributed by atoms with Crippen molar-refractivity contribution in [3.05, 3.63) is 18.1 Å². The molecule has 0 unspecified atom stereocenters. The fraction of sp³-hybridized carbons (Fsp3) is 0.647. The Bertz CT molecular complexity index is 670. The number of hydrogen-bond donors (Lipinski definition) is 1. The monoisotopic (exact) mass is 347 g/mol. The Hall–Kier alpha value is -2.22. The molecule has 2 aliphatic rings. The molecule has 0 aliphatic carbocycles. The van der Waals surface area contributed by atoms with Gasteiger partial charge in [-0.1, -0.05) is 0 Å². The quantitative estimate of drug-likeness (QED) is 0.854. The van der Waals surface area contributed by atoms with Crippen LogP contribution < -0.4 is 4.90 Å². The van der Waals surface area contributed by atoms with Gasteiger partial charge in [0.1, 0.15) is 17.6 Å². The van der Waals surface area contributed by atoms with Gasteiger partial charge in [-0.3, -0.25) is 19.5 Å². The third-order valence-electron chi connectivity index (χ3n) is 5.42. The molecule has 1 aromatic heterocycles. The van der Waals surface area contributed by atoms with Gasteiger partial charge in [-0.25, -0.2) is 4.98 Å². The number of anilines is 1. The smallest absolute Gasteiger partial charge is 0.320 e. The van der Waals surface area contributed by atoms with Gasteiger partial charge in [-0.15, -0.1) is 0 Å². The van der Waals surface area contributed by atoms with Crippen LogP contribution in [0.4, 0.5) is 5.82 Å². The normalized spacial score (nSPS) is 23.0. The zero-order valence-corrected chi connectivity index (χ0v) is 15.0. The van der Waals surface area contributed by atoms with Gasteiger partial charge in [-0.2, -0.15) is 0 Å². The molecule has 3 rings (SSSR count). The zero-order valence-electron chi connectivity index (χ0n) is 15.0. The molecule has 0 saturated carbocycles. The van der Waals surface area contributed by atoms with Crippen molar-refractivity contribution in [3.63, 3.8) is 0 Å². The Morgan fingerprint density at radius 2 is 1.96 bits per heavy atom. The molecule has 1 amide bonds. The first-order valence-electron chi connectivity index (χ1n) is 8.53. The lowest BCUT2D eigenvalue weighted by Gasteiger charge is -2.39. The number of carboxylic acids is 1. The molecule has 1 aromatic rings. The van der Waals surface area contributed by atoms with E-state index in [9.17, 15) is 14.7 Å². The van der Waals surface area contributed by atoms with Crippen LogP contribution in [-0.4, -0.2) is 83.6 Å². The topological polar surface area (TPSA) is 89.9 Å². The van der Waals surface area contributed by atoms with Crippen molar-refractivity contribution in [2.45, 2.75) is 25.3 Å². The fourth-order valence-electron chi connectivity index (χ4n) is 3.96. The molecular formula is C17H25N5O3. The summed E-state index contributed by atoms with van der Waals surface area (Å²) < 4.78 is 0. The minimum atomic E-state index is -0.734. The molecule has 1 atom stereocenters. The molecule has 1 N–H and O–H groups in total. The number of aromatic nitrogens is 2. The van der Waals surface area contributed by atoms with E-state index in [-0.39, 0.29) is 17.4 Å². The summed E-state index contributed by atoms with van der Waals surface area (Å²) in [6.07, 6.45) is 5.73. The van der Waals surface area contributed by atoms with Crippen LogP contribution in [0.1, 0.15) is 29.8 Å². The number of piperidine rings is 1. The van der Waals surface area contributed by atoms with Crippen LogP contribution in [-0.2, 0) is 4.79 Å². The van der Waals surface area contributed by atoms with Crippen LogP contribution in [0.25, 0.3) is 0 Å². The van der Waals surface area contributed by atoms with Crippen LogP contribution in [0, 0.1) is 5.41 Å². The minimum absolute atomic E-state index is 0.0683. The van der Waals surface area contributed by atoms with E-state index in [1.165, 1.54) is 11.1 Å². The number of aliphatic carboxylic acids is 1. The molecule has 2 aliphatic heterocycles. The minimum Gasteiger partial charge on any atom is -0.480 e. The lowest BCUT2D eigenvalue weighted by Crippen LogP contribution is -2.42. The van der Waals surface area contributed by atoms with E-state index in [4.69, 9.17) is 0 Å². The molecule has 0 bridgehead atoms. The van der Waals surface area contributed by atoms with Crippen molar-refractivity contribution in [3.8, 4) is 0 Å². The van der Waals surface area contributed by atoms with Crippen molar-refractivity contribution in [2.24, 2.45) is 5.41 Å². The summed E-state index contributed by atoms with van der Waals surface area (Å²) in [6, 6.07) is -0.382. The van der Waals surface area contributed by atoms with Gasteiger partial charge < -0.3 is 14.9 Å². The first-order chi connectivity index (χ1) is 11.8. The summed E-state index contributed by atoms with van der Waals surface area (Å²) in [7, 11) is 5.27. The maximum atomic E-state index is 12.1. The number of likely N-dealkylation sites (tertiary alicyclic amines) is 1. The van der Waals surface area contributed by atoms with Gasteiger partial charge in [0.2, 0.25) is 0 Å². The van der Waals surface area contributed by atoms with E-state index in [1.807, 2.05) is 11.9 Å². The van der Waals surface area contributed by atoms with Gasteiger partial charge in [0.05, 0.1) is 12.4 Å². The molecule has 2 fully saturated rings. The summed E-state index contributed by atoms with van der Waals surface area (Å²) in [6.45, 7) is 2.42. The third-order valence-corrected chi connectivity index (χ3v) is 5.42. The van der Waals surface area contributed by atoms with Gasteiger partial charge >= 0.3 is 5.97 Å². The number of carbonyl (C=O) groups excluding carboxylic acids is 1. The average Bonchev–Trinajstić information content (AvgIpc) is 2.91. The van der Waals surface area contributed by atoms with Crippen LogP contribution >= 0.6 is 0 Å². The molecule has 8 heteroatoms.